The normalized spacial score (nSPS) is 12.3. The van der Waals surface area contributed by atoms with Crippen LogP contribution in [0.4, 0.5) is 4.39 Å². The first-order valence-corrected chi connectivity index (χ1v) is 6.45. The van der Waals surface area contributed by atoms with Gasteiger partial charge < -0.3 is 4.57 Å². The van der Waals surface area contributed by atoms with Crippen LogP contribution in [0.2, 0.25) is 0 Å². The molecule has 1 heterocycles. The molecule has 0 aliphatic rings. The van der Waals surface area contributed by atoms with Gasteiger partial charge in [-0.2, -0.15) is 0 Å². The fourth-order valence-corrected chi connectivity index (χ4v) is 2.57. The lowest BCUT2D eigenvalue weighted by molar-refractivity contribution is 0.447. The van der Waals surface area contributed by atoms with E-state index >= 15 is 0 Å². The van der Waals surface area contributed by atoms with E-state index in [4.69, 9.17) is 0 Å². The Morgan fingerprint density at radius 1 is 1.35 bits per heavy atom. The summed E-state index contributed by atoms with van der Waals surface area (Å²) in [6, 6.07) is 6.07. The van der Waals surface area contributed by atoms with Crippen LogP contribution in [-0.2, 0) is 12.0 Å². The molecule has 0 unspecified atom stereocenters. The van der Waals surface area contributed by atoms with Crippen LogP contribution in [0, 0.1) is 0 Å². The van der Waals surface area contributed by atoms with E-state index in [0.29, 0.717) is 11.3 Å². The lowest BCUT2D eigenvalue weighted by atomic mass is 9.86. The third-order valence-corrected chi connectivity index (χ3v) is 3.45. The molecule has 1 aromatic carbocycles. The number of benzene rings is 1. The van der Waals surface area contributed by atoms with Gasteiger partial charge in [-0.3, -0.25) is 0 Å². The highest BCUT2D eigenvalue weighted by atomic mass is 79.9. The number of para-hydroxylation sites is 1. The van der Waals surface area contributed by atoms with Crippen LogP contribution in [0.5, 0.6) is 0 Å². The number of imidazole rings is 1. The zero-order valence-electron chi connectivity index (χ0n) is 10.3. The molecule has 17 heavy (non-hydrogen) atoms. The predicted octanol–water partition coefficient (Wildman–Crippen LogP) is 4.07. The Morgan fingerprint density at radius 2 is 2.06 bits per heavy atom. The molecule has 0 atom stereocenters. The average molecular weight is 299 g/mol. The maximum atomic E-state index is 12.5. The number of fused-ring (bicyclic) bond motifs is 1. The zero-order valence-corrected chi connectivity index (χ0v) is 11.9. The van der Waals surface area contributed by atoms with E-state index in [1.165, 1.54) is 5.56 Å². The van der Waals surface area contributed by atoms with Crippen molar-refractivity contribution < 1.29 is 4.39 Å². The molecule has 0 fully saturated rings. The minimum absolute atomic E-state index is 0.0356. The molecule has 92 valence electrons. The lowest BCUT2D eigenvalue weighted by Gasteiger charge is -2.19. The smallest absolute Gasteiger partial charge is 0.178 e. The van der Waals surface area contributed by atoms with Crippen molar-refractivity contribution >= 4 is 27.0 Å². The first-order chi connectivity index (χ1) is 7.95. The van der Waals surface area contributed by atoms with Crippen LogP contribution in [0.25, 0.3) is 11.0 Å². The Balaban J connectivity index is 2.71. The van der Waals surface area contributed by atoms with E-state index in [2.05, 4.69) is 47.8 Å². The molecule has 0 saturated carbocycles. The van der Waals surface area contributed by atoms with Gasteiger partial charge in [-0.15, -0.1) is 0 Å². The molecule has 2 nitrogen and oxygen atoms in total. The molecule has 0 aliphatic carbocycles. The predicted molar refractivity (Wildman–Crippen MR) is 72.1 cm³/mol. The number of hydrogen-bond donors (Lipinski definition) is 0. The second-order valence-electron chi connectivity index (χ2n) is 5.14. The van der Waals surface area contributed by atoms with Gasteiger partial charge >= 0.3 is 0 Å². The third-order valence-electron chi connectivity index (χ3n) is 2.85. The highest BCUT2D eigenvalue weighted by molar-refractivity contribution is 9.10. The van der Waals surface area contributed by atoms with Gasteiger partial charge in [0, 0.05) is 0 Å². The number of alkyl halides is 1. The summed E-state index contributed by atoms with van der Waals surface area (Å²) >= 11 is 3.40. The summed E-state index contributed by atoms with van der Waals surface area (Å²) < 4.78 is 15.1. The molecule has 0 saturated heterocycles. The molecule has 2 rings (SSSR count). The quantitative estimate of drug-likeness (QED) is 0.817. The molecule has 0 bridgehead atoms. The summed E-state index contributed by atoms with van der Waals surface area (Å²) in [7, 11) is 0. The van der Waals surface area contributed by atoms with Crippen LogP contribution in [0.1, 0.15) is 26.3 Å². The largest absolute Gasteiger partial charge is 0.316 e. The summed E-state index contributed by atoms with van der Waals surface area (Å²) in [5, 5.41) is 0. The van der Waals surface area contributed by atoms with Gasteiger partial charge in [-0.1, -0.05) is 32.9 Å². The maximum absolute atomic E-state index is 12.5. The van der Waals surface area contributed by atoms with E-state index in [-0.39, 0.29) is 12.1 Å². The highest BCUT2D eigenvalue weighted by Gasteiger charge is 2.20. The topological polar surface area (TPSA) is 17.8 Å². The Kier molecular flexibility index (Phi) is 3.25. The van der Waals surface area contributed by atoms with Crippen molar-refractivity contribution in [3.8, 4) is 0 Å². The van der Waals surface area contributed by atoms with Crippen molar-refractivity contribution in [2.24, 2.45) is 0 Å². The van der Waals surface area contributed by atoms with Crippen LogP contribution in [0.3, 0.4) is 0 Å². The number of rotatable bonds is 2. The number of nitrogens with zero attached hydrogens (tertiary/aromatic N) is 2. The van der Waals surface area contributed by atoms with Crippen LogP contribution < -0.4 is 0 Å². The summed E-state index contributed by atoms with van der Waals surface area (Å²) in [4.78, 5) is 4.51. The van der Waals surface area contributed by atoms with Gasteiger partial charge in [-0.25, -0.2) is 9.37 Å². The first kappa shape index (κ1) is 12.6. The van der Waals surface area contributed by atoms with E-state index < -0.39 is 0 Å². The molecule has 4 heteroatoms. The number of hydrogen-bond acceptors (Lipinski definition) is 1. The first-order valence-electron chi connectivity index (χ1n) is 5.66. The van der Waals surface area contributed by atoms with Gasteiger partial charge in [0.15, 0.2) is 4.73 Å². The third kappa shape index (κ3) is 2.23. The zero-order chi connectivity index (χ0) is 12.6. The van der Waals surface area contributed by atoms with Gasteiger partial charge in [-0.05, 0) is 33.0 Å². The van der Waals surface area contributed by atoms with Gasteiger partial charge in [0.2, 0.25) is 0 Å². The summed E-state index contributed by atoms with van der Waals surface area (Å²) in [6.45, 7) is 6.42. The van der Waals surface area contributed by atoms with Crippen LogP contribution >= 0.6 is 15.9 Å². The molecule has 0 spiro atoms. The number of halogens is 2. The van der Waals surface area contributed by atoms with Crippen molar-refractivity contribution in [3.05, 3.63) is 28.5 Å². The SMILES string of the molecule is CC(C)(C)c1cccc2c1nc(Br)n2CCF. The van der Waals surface area contributed by atoms with Gasteiger partial charge in [0.1, 0.15) is 6.67 Å². The van der Waals surface area contributed by atoms with Crippen molar-refractivity contribution in [1.29, 1.82) is 0 Å². The second kappa shape index (κ2) is 4.41. The Bertz CT molecular complexity index is 540. The van der Waals surface area contributed by atoms with Crippen molar-refractivity contribution in [3.63, 3.8) is 0 Å². The minimum atomic E-state index is -0.385. The van der Waals surface area contributed by atoms with Crippen molar-refractivity contribution in [1.82, 2.24) is 9.55 Å². The number of aromatic nitrogens is 2. The fourth-order valence-electron chi connectivity index (χ4n) is 2.02. The molecular weight excluding hydrogens is 283 g/mol. The average Bonchev–Trinajstić information content (AvgIpc) is 2.54. The summed E-state index contributed by atoms with van der Waals surface area (Å²) in [5.41, 5.74) is 3.17. The van der Waals surface area contributed by atoms with Gasteiger partial charge in [0.05, 0.1) is 17.6 Å². The van der Waals surface area contributed by atoms with E-state index in [0.717, 1.165) is 11.0 Å². The van der Waals surface area contributed by atoms with Crippen LogP contribution in [0.15, 0.2) is 22.9 Å². The number of aryl methyl sites for hydroxylation is 1. The fraction of sp³-hybridized carbons (Fsp3) is 0.462. The molecular formula is C13H16BrFN2. The Hall–Kier alpha value is -0.900. The lowest BCUT2D eigenvalue weighted by Crippen LogP contribution is -2.11. The van der Waals surface area contributed by atoms with Crippen molar-refractivity contribution in [2.75, 3.05) is 6.67 Å². The molecule has 0 amide bonds. The minimum Gasteiger partial charge on any atom is -0.316 e. The molecule has 1 aromatic heterocycles. The molecule has 0 radical (unpaired) electrons. The summed E-state index contributed by atoms with van der Waals surface area (Å²) in [6.07, 6.45) is 0. The molecule has 2 aromatic rings. The van der Waals surface area contributed by atoms with Gasteiger partial charge in [0.25, 0.3) is 0 Å². The Labute approximate surface area is 109 Å². The highest BCUT2D eigenvalue weighted by Crippen LogP contribution is 2.31. The van der Waals surface area contributed by atoms with E-state index in [9.17, 15) is 4.39 Å². The Morgan fingerprint density at radius 3 is 2.65 bits per heavy atom. The summed E-state index contributed by atoms with van der Waals surface area (Å²) in [5.74, 6) is 0. The second-order valence-corrected chi connectivity index (χ2v) is 5.85. The van der Waals surface area contributed by atoms with Crippen molar-refractivity contribution in [2.45, 2.75) is 32.7 Å². The monoisotopic (exact) mass is 298 g/mol. The molecule has 0 aliphatic heterocycles. The maximum Gasteiger partial charge on any atom is 0.178 e. The van der Waals surface area contributed by atoms with Crippen LogP contribution in [-0.4, -0.2) is 16.2 Å². The molecule has 0 N–H and O–H groups in total. The van der Waals surface area contributed by atoms with E-state index in [1.807, 2.05) is 16.7 Å². The standard InChI is InChI=1S/C13H16BrFN2/c1-13(2,3)9-5-4-6-10-11(9)16-12(14)17(10)8-7-15/h4-6H,7-8H2,1-3H3. The van der Waals surface area contributed by atoms with E-state index in [1.54, 1.807) is 0 Å².